The fraction of sp³-hybridized carbons (Fsp3) is 0.462. The van der Waals surface area contributed by atoms with Crippen LogP contribution in [0.15, 0.2) is 18.2 Å². The Morgan fingerprint density at radius 2 is 2.00 bits per heavy atom. The molecule has 0 saturated carbocycles. The molecule has 0 spiro atoms. The maximum Gasteiger partial charge on any atom is 0.127 e. The van der Waals surface area contributed by atoms with Gasteiger partial charge in [0.2, 0.25) is 0 Å². The molecule has 0 amide bonds. The zero-order chi connectivity index (χ0) is 12.8. The number of fused-ring (bicyclic) bond motifs is 1. The molecule has 92 valence electrons. The van der Waals surface area contributed by atoms with Gasteiger partial charge in [-0.05, 0) is 23.6 Å². The van der Waals surface area contributed by atoms with E-state index in [1.54, 1.807) is 0 Å². The highest BCUT2D eigenvalue weighted by Gasteiger charge is 2.26. The lowest BCUT2D eigenvalue weighted by molar-refractivity contribution is 0.311. The Kier molecular flexibility index (Phi) is 2.92. The topological polar surface area (TPSA) is 43.8 Å². The van der Waals surface area contributed by atoms with Gasteiger partial charge in [-0.15, -0.1) is 0 Å². The minimum absolute atomic E-state index is 0.0149. The van der Waals surface area contributed by atoms with Gasteiger partial charge in [-0.1, -0.05) is 32.4 Å². The molecule has 2 N–H and O–H groups in total. The number of halogens is 1. The summed E-state index contributed by atoms with van der Waals surface area (Å²) in [4.78, 5) is 4.60. The Balaban J connectivity index is 2.60. The Labute approximate surface area is 107 Å². The summed E-state index contributed by atoms with van der Waals surface area (Å²) in [7, 11) is 1.98. The molecule has 4 heteroatoms. The van der Waals surface area contributed by atoms with Crippen LogP contribution in [0.5, 0.6) is 0 Å². The van der Waals surface area contributed by atoms with E-state index in [-0.39, 0.29) is 11.5 Å². The third kappa shape index (κ3) is 2.17. The van der Waals surface area contributed by atoms with Crippen LogP contribution >= 0.6 is 11.6 Å². The number of nitrogens with two attached hydrogens (primary N) is 1. The number of benzene rings is 1. The van der Waals surface area contributed by atoms with Gasteiger partial charge in [0.15, 0.2) is 0 Å². The summed E-state index contributed by atoms with van der Waals surface area (Å²) < 4.78 is 2.02. The van der Waals surface area contributed by atoms with Crippen LogP contribution in [0, 0.1) is 5.41 Å². The highest BCUT2D eigenvalue weighted by atomic mass is 35.5. The average molecular weight is 252 g/mol. The van der Waals surface area contributed by atoms with E-state index >= 15 is 0 Å². The molecule has 17 heavy (non-hydrogen) atoms. The van der Waals surface area contributed by atoms with E-state index in [4.69, 9.17) is 17.3 Å². The summed E-state index contributed by atoms with van der Waals surface area (Å²) in [5, 5.41) is 0.719. The molecule has 1 heterocycles. The SMILES string of the molecule is Cn1c(C(N)C(C)(C)C)nc2ccc(Cl)cc21. The van der Waals surface area contributed by atoms with Gasteiger partial charge in [-0.3, -0.25) is 0 Å². The Hall–Kier alpha value is -1.06. The fourth-order valence-electron chi connectivity index (χ4n) is 1.85. The van der Waals surface area contributed by atoms with Crippen LogP contribution in [0.3, 0.4) is 0 Å². The van der Waals surface area contributed by atoms with Gasteiger partial charge in [0, 0.05) is 12.1 Å². The lowest BCUT2D eigenvalue weighted by Crippen LogP contribution is -2.28. The van der Waals surface area contributed by atoms with Crippen molar-refractivity contribution in [1.29, 1.82) is 0 Å². The van der Waals surface area contributed by atoms with Gasteiger partial charge >= 0.3 is 0 Å². The second kappa shape index (κ2) is 4.00. The van der Waals surface area contributed by atoms with Gasteiger partial charge in [0.05, 0.1) is 17.1 Å². The van der Waals surface area contributed by atoms with Crippen molar-refractivity contribution in [3.63, 3.8) is 0 Å². The smallest absolute Gasteiger partial charge is 0.127 e. The first kappa shape index (κ1) is 12.4. The Morgan fingerprint density at radius 1 is 1.35 bits per heavy atom. The number of hydrogen-bond acceptors (Lipinski definition) is 2. The third-order valence-corrected chi connectivity index (χ3v) is 3.32. The summed E-state index contributed by atoms with van der Waals surface area (Å²) in [6.07, 6.45) is 0. The second-order valence-electron chi connectivity index (χ2n) is 5.51. The van der Waals surface area contributed by atoms with Crippen LogP contribution in [0.4, 0.5) is 0 Å². The third-order valence-electron chi connectivity index (χ3n) is 3.09. The van der Waals surface area contributed by atoms with Crippen molar-refractivity contribution in [3.05, 3.63) is 29.0 Å². The molecule has 1 atom stereocenters. The van der Waals surface area contributed by atoms with Gasteiger partial charge in [-0.2, -0.15) is 0 Å². The number of hydrogen-bond donors (Lipinski definition) is 1. The van der Waals surface area contributed by atoms with Crippen molar-refractivity contribution in [1.82, 2.24) is 9.55 Å². The molecule has 0 saturated heterocycles. The molecule has 0 aliphatic carbocycles. The van der Waals surface area contributed by atoms with Gasteiger partial charge < -0.3 is 10.3 Å². The summed E-state index contributed by atoms with van der Waals surface area (Å²) >= 11 is 6.00. The fourth-order valence-corrected chi connectivity index (χ4v) is 2.01. The zero-order valence-electron chi connectivity index (χ0n) is 10.7. The lowest BCUT2D eigenvalue weighted by atomic mass is 9.87. The van der Waals surface area contributed by atoms with Crippen LogP contribution in [0.2, 0.25) is 5.02 Å². The molecule has 0 aliphatic rings. The molecular formula is C13H18ClN3. The zero-order valence-corrected chi connectivity index (χ0v) is 11.4. The van der Waals surface area contributed by atoms with Crippen molar-refractivity contribution in [3.8, 4) is 0 Å². The molecule has 1 aromatic heterocycles. The molecule has 0 bridgehead atoms. The van der Waals surface area contributed by atoms with Crippen LogP contribution in [-0.4, -0.2) is 9.55 Å². The van der Waals surface area contributed by atoms with E-state index in [1.807, 2.05) is 29.8 Å². The summed E-state index contributed by atoms with van der Waals surface area (Å²) in [6, 6.07) is 5.60. The first-order chi connectivity index (χ1) is 7.80. The van der Waals surface area contributed by atoms with Gasteiger partial charge in [0.25, 0.3) is 0 Å². The molecule has 2 rings (SSSR count). The number of aryl methyl sites for hydroxylation is 1. The number of rotatable bonds is 1. The predicted octanol–water partition coefficient (Wildman–Crippen LogP) is 3.27. The summed E-state index contributed by atoms with van der Waals surface area (Å²) in [5.41, 5.74) is 8.20. The van der Waals surface area contributed by atoms with Crippen LogP contribution < -0.4 is 5.73 Å². The second-order valence-corrected chi connectivity index (χ2v) is 5.94. The van der Waals surface area contributed by atoms with Crippen molar-refractivity contribution >= 4 is 22.6 Å². The van der Waals surface area contributed by atoms with E-state index in [9.17, 15) is 0 Å². The van der Waals surface area contributed by atoms with Gasteiger partial charge in [-0.25, -0.2) is 4.98 Å². The first-order valence-corrected chi connectivity index (χ1v) is 6.06. The number of aromatic nitrogens is 2. The Morgan fingerprint density at radius 3 is 2.59 bits per heavy atom. The summed E-state index contributed by atoms with van der Waals surface area (Å²) in [5.74, 6) is 0.898. The number of imidazole rings is 1. The largest absolute Gasteiger partial charge is 0.330 e. The predicted molar refractivity (Wildman–Crippen MR) is 72.1 cm³/mol. The number of nitrogens with zero attached hydrogens (tertiary/aromatic N) is 2. The monoisotopic (exact) mass is 251 g/mol. The average Bonchev–Trinajstić information content (AvgIpc) is 2.54. The van der Waals surface area contributed by atoms with Crippen molar-refractivity contribution in [2.45, 2.75) is 26.8 Å². The molecule has 3 nitrogen and oxygen atoms in total. The van der Waals surface area contributed by atoms with E-state index in [1.165, 1.54) is 0 Å². The van der Waals surface area contributed by atoms with E-state index in [0.29, 0.717) is 0 Å². The highest BCUT2D eigenvalue weighted by molar-refractivity contribution is 6.31. The first-order valence-electron chi connectivity index (χ1n) is 5.68. The van der Waals surface area contributed by atoms with Crippen molar-refractivity contribution < 1.29 is 0 Å². The molecule has 1 aromatic carbocycles. The molecule has 2 aromatic rings. The standard InChI is InChI=1S/C13H18ClN3/c1-13(2,3)11(15)12-16-9-6-5-8(14)7-10(9)17(12)4/h5-7,11H,15H2,1-4H3. The van der Waals surface area contributed by atoms with Crippen molar-refractivity contribution in [2.24, 2.45) is 18.2 Å². The normalized spacial score (nSPS) is 14.2. The molecule has 0 aliphatic heterocycles. The van der Waals surface area contributed by atoms with E-state index in [2.05, 4.69) is 25.8 Å². The van der Waals surface area contributed by atoms with E-state index < -0.39 is 0 Å². The summed E-state index contributed by atoms with van der Waals surface area (Å²) in [6.45, 7) is 6.35. The maximum absolute atomic E-state index is 6.26. The van der Waals surface area contributed by atoms with Crippen LogP contribution in [-0.2, 0) is 7.05 Å². The quantitative estimate of drug-likeness (QED) is 0.845. The minimum Gasteiger partial charge on any atom is -0.330 e. The van der Waals surface area contributed by atoms with Crippen LogP contribution in [0.1, 0.15) is 32.6 Å². The Bertz CT molecular complexity index is 552. The van der Waals surface area contributed by atoms with Crippen molar-refractivity contribution in [2.75, 3.05) is 0 Å². The highest BCUT2D eigenvalue weighted by Crippen LogP contribution is 2.31. The molecular weight excluding hydrogens is 234 g/mol. The molecule has 1 unspecified atom stereocenters. The molecule has 0 radical (unpaired) electrons. The van der Waals surface area contributed by atoms with Crippen LogP contribution in [0.25, 0.3) is 11.0 Å². The maximum atomic E-state index is 6.26. The van der Waals surface area contributed by atoms with E-state index in [0.717, 1.165) is 21.9 Å². The van der Waals surface area contributed by atoms with Gasteiger partial charge in [0.1, 0.15) is 5.82 Å². The molecule has 0 fully saturated rings. The minimum atomic E-state index is -0.0984. The lowest BCUT2D eigenvalue weighted by Gasteiger charge is -2.26.